The van der Waals surface area contributed by atoms with E-state index in [4.69, 9.17) is 20.8 Å². The molecule has 1 N–H and O–H groups in total. The maximum atomic E-state index is 13.0. The second-order valence-electron chi connectivity index (χ2n) is 6.18. The van der Waals surface area contributed by atoms with Crippen molar-refractivity contribution in [2.45, 2.75) is 13.0 Å². The van der Waals surface area contributed by atoms with Gasteiger partial charge in [-0.15, -0.1) is 0 Å². The first kappa shape index (κ1) is 18.5. The highest BCUT2D eigenvalue weighted by Crippen LogP contribution is 2.31. The van der Waals surface area contributed by atoms with E-state index in [0.29, 0.717) is 46.5 Å². The van der Waals surface area contributed by atoms with E-state index in [0.717, 1.165) is 10.6 Å². The number of anilines is 1. The molecule has 0 fully saturated rings. The van der Waals surface area contributed by atoms with Crippen molar-refractivity contribution in [3.63, 3.8) is 0 Å². The summed E-state index contributed by atoms with van der Waals surface area (Å²) >= 11 is 7.42. The number of nitrogens with one attached hydrogen (secondary N) is 1. The highest BCUT2D eigenvalue weighted by Gasteiger charge is 2.27. The van der Waals surface area contributed by atoms with Crippen molar-refractivity contribution in [3.8, 4) is 5.75 Å². The summed E-state index contributed by atoms with van der Waals surface area (Å²) in [7, 11) is 1.52. The molecule has 0 radical (unpaired) electrons. The van der Waals surface area contributed by atoms with Gasteiger partial charge in [-0.25, -0.2) is 4.98 Å². The number of hydrogen-bond donors (Lipinski definition) is 1. The molecule has 1 aromatic carbocycles. The summed E-state index contributed by atoms with van der Waals surface area (Å²) in [6.07, 6.45) is 3.43. The zero-order valence-corrected chi connectivity index (χ0v) is 16.5. The molecule has 3 aromatic rings. The lowest BCUT2D eigenvalue weighted by Crippen LogP contribution is -2.35. The number of halogens is 1. The van der Waals surface area contributed by atoms with Gasteiger partial charge in [-0.2, -0.15) is 0 Å². The van der Waals surface area contributed by atoms with Crippen LogP contribution in [0.3, 0.4) is 0 Å². The minimum atomic E-state index is -0.281. The lowest BCUT2D eigenvalue weighted by atomic mass is 10.1. The van der Waals surface area contributed by atoms with Gasteiger partial charge in [0, 0.05) is 22.9 Å². The maximum Gasteiger partial charge on any atom is 0.260 e. The molecule has 9 heteroatoms. The summed E-state index contributed by atoms with van der Waals surface area (Å²) in [5.41, 5.74) is 1.75. The van der Waals surface area contributed by atoms with E-state index in [9.17, 15) is 9.59 Å². The predicted molar refractivity (Wildman–Crippen MR) is 105 cm³/mol. The van der Waals surface area contributed by atoms with Gasteiger partial charge in [-0.05, 0) is 24.3 Å². The van der Waals surface area contributed by atoms with E-state index in [2.05, 4.69) is 10.3 Å². The van der Waals surface area contributed by atoms with E-state index in [1.165, 1.54) is 31.0 Å². The number of aromatic nitrogens is 1. The van der Waals surface area contributed by atoms with Crippen molar-refractivity contribution in [3.05, 3.63) is 63.5 Å². The third-order valence-corrected chi connectivity index (χ3v) is 5.65. The lowest BCUT2D eigenvalue weighted by molar-refractivity contribution is 0.0732. The molecule has 1 aliphatic rings. The topological polar surface area (TPSA) is 84.7 Å². The zero-order chi connectivity index (χ0) is 19.7. The van der Waals surface area contributed by atoms with Crippen LogP contribution in [-0.4, -0.2) is 35.4 Å². The molecule has 3 heterocycles. The molecule has 0 saturated carbocycles. The molecule has 0 atom stereocenters. The fourth-order valence-electron chi connectivity index (χ4n) is 3.00. The monoisotopic (exact) mass is 417 g/mol. The number of methoxy groups -OCH3 is 1. The summed E-state index contributed by atoms with van der Waals surface area (Å²) in [6, 6.07) is 6.56. The van der Waals surface area contributed by atoms with Gasteiger partial charge in [0.25, 0.3) is 11.8 Å². The smallest absolute Gasteiger partial charge is 0.260 e. The van der Waals surface area contributed by atoms with Crippen LogP contribution in [0.2, 0.25) is 5.02 Å². The van der Waals surface area contributed by atoms with Gasteiger partial charge in [0.2, 0.25) is 0 Å². The maximum absolute atomic E-state index is 13.0. The Bertz CT molecular complexity index is 1030. The Labute approximate surface area is 169 Å². The van der Waals surface area contributed by atoms with Gasteiger partial charge < -0.3 is 14.1 Å². The summed E-state index contributed by atoms with van der Waals surface area (Å²) in [6.45, 7) is 0.948. The second-order valence-corrected chi connectivity index (χ2v) is 7.70. The van der Waals surface area contributed by atoms with Gasteiger partial charge in [0.05, 0.1) is 36.7 Å². The van der Waals surface area contributed by atoms with Crippen LogP contribution in [-0.2, 0) is 13.0 Å². The SMILES string of the molecule is COc1ccc(Cl)cc1C(=O)N1CCc2nc(NC(=O)c3ccoc3)sc2C1. The minimum absolute atomic E-state index is 0.151. The first-order chi connectivity index (χ1) is 13.5. The Morgan fingerprint density at radius 1 is 1.36 bits per heavy atom. The third kappa shape index (κ3) is 3.61. The largest absolute Gasteiger partial charge is 0.496 e. The van der Waals surface area contributed by atoms with Crippen molar-refractivity contribution >= 4 is 39.9 Å². The molecule has 144 valence electrons. The van der Waals surface area contributed by atoms with E-state index in [-0.39, 0.29) is 11.8 Å². The number of carbonyl (C=O) groups is 2. The van der Waals surface area contributed by atoms with E-state index < -0.39 is 0 Å². The molecule has 0 unspecified atom stereocenters. The molecule has 2 amide bonds. The number of rotatable bonds is 4. The molecule has 1 aliphatic heterocycles. The van der Waals surface area contributed by atoms with Crippen LogP contribution >= 0.6 is 22.9 Å². The number of fused-ring (bicyclic) bond motifs is 1. The summed E-state index contributed by atoms with van der Waals surface area (Å²) in [5.74, 6) is 0.0522. The fourth-order valence-corrected chi connectivity index (χ4v) is 4.19. The van der Waals surface area contributed by atoms with Crippen molar-refractivity contribution in [2.75, 3.05) is 19.0 Å². The molecular formula is C19H16ClN3O4S. The molecule has 0 bridgehead atoms. The minimum Gasteiger partial charge on any atom is -0.496 e. The van der Waals surface area contributed by atoms with Crippen molar-refractivity contribution in [1.82, 2.24) is 9.88 Å². The number of furan rings is 1. The highest BCUT2D eigenvalue weighted by atomic mass is 35.5. The molecule has 0 aliphatic carbocycles. The molecule has 7 nitrogen and oxygen atoms in total. The summed E-state index contributed by atoms with van der Waals surface area (Å²) in [5, 5.41) is 3.75. The Morgan fingerprint density at radius 2 is 2.21 bits per heavy atom. The van der Waals surface area contributed by atoms with E-state index in [1.54, 1.807) is 29.2 Å². The van der Waals surface area contributed by atoms with Crippen LogP contribution in [0.25, 0.3) is 0 Å². The number of benzene rings is 1. The second kappa shape index (κ2) is 7.65. The molecule has 28 heavy (non-hydrogen) atoms. The molecular weight excluding hydrogens is 402 g/mol. The Kier molecular flexibility index (Phi) is 5.06. The van der Waals surface area contributed by atoms with Crippen LogP contribution in [0.15, 0.2) is 41.2 Å². The lowest BCUT2D eigenvalue weighted by Gasteiger charge is -2.26. The Hall–Kier alpha value is -2.84. The van der Waals surface area contributed by atoms with Crippen LogP contribution in [0.1, 0.15) is 31.3 Å². The highest BCUT2D eigenvalue weighted by molar-refractivity contribution is 7.15. The van der Waals surface area contributed by atoms with Crippen LogP contribution < -0.4 is 10.1 Å². The summed E-state index contributed by atoms with van der Waals surface area (Å²) < 4.78 is 10.2. The number of ether oxygens (including phenoxy) is 1. The predicted octanol–water partition coefficient (Wildman–Crippen LogP) is 3.85. The van der Waals surface area contributed by atoms with Gasteiger partial charge in [0.1, 0.15) is 12.0 Å². The number of carbonyl (C=O) groups excluding carboxylic acids is 2. The molecule has 2 aromatic heterocycles. The van der Waals surface area contributed by atoms with E-state index >= 15 is 0 Å². The normalized spacial score (nSPS) is 13.1. The van der Waals surface area contributed by atoms with Crippen molar-refractivity contribution in [2.24, 2.45) is 0 Å². The average molecular weight is 418 g/mol. The van der Waals surface area contributed by atoms with E-state index in [1.807, 2.05) is 0 Å². The fraction of sp³-hybridized carbons (Fsp3) is 0.211. The van der Waals surface area contributed by atoms with Crippen LogP contribution in [0.5, 0.6) is 5.75 Å². The standard InChI is InChI=1S/C19H16ClN3O4S/c1-26-15-3-2-12(20)8-13(15)18(25)23-6-4-14-16(9-23)28-19(21-14)22-17(24)11-5-7-27-10-11/h2-3,5,7-8,10H,4,6,9H2,1H3,(H,21,22,24). The molecule has 0 spiro atoms. The molecule has 0 saturated heterocycles. The van der Waals surface area contributed by atoms with Crippen molar-refractivity contribution in [1.29, 1.82) is 0 Å². The van der Waals surface area contributed by atoms with Crippen LogP contribution in [0, 0.1) is 0 Å². The van der Waals surface area contributed by atoms with Gasteiger partial charge >= 0.3 is 0 Å². The number of amides is 2. The van der Waals surface area contributed by atoms with Gasteiger partial charge in [0.15, 0.2) is 5.13 Å². The zero-order valence-electron chi connectivity index (χ0n) is 14.9. The average Bonchev–Trinajstić information content (AvgIpc) is 3.36. The number of thiazole rings is 1. The first-order valence-electron chi connectivity index (χ1n) is 8.50. The molecule has 4 rings (SSSR count). The summed E-state index contributed by atoms with van der Waals surface area (Å²) in [4.78, 5) is 32.3. The number of hydrogen-bond acceptors (Lipinski definition) is 6. The Morgan fingerprint density at radius 3 is 2.96 bits per heavy atom. The first-order valence-corrected chi connectivity index (χ1v) is 9.69. The quantitative estimate of drug-likeness (QED) is 0.697. The van der Waals surface area contributed by atoms with Gasteiger partial charge in [-0.3, -0.25) is 14.9 Å². The van der Waals surface area contributed by atoms with Crippen molar-refractivity contribution < 1.29 is 18.7 Å². The Balaban J connectivity index is 1.51. The third-order valence-electron chi connectivity index (χ3n) is 4.41. The number of nitrogens with zero attached hydrogens (tertiary/aromatic N) is 2. The van der Waals surface area contributed by atoms with Crippen LogP contribution in [0.4, 0.5) is 5.13 Å². The van der Waals surface area contributed by atoms with Gasteiger partial charge in [-0.1, -0.05) is 22.9 Å².